The summed E-state index contributed by atoms with van der Waals surface area (Å²) in [6, 6.07) is 68.6. The molecule has 0 bridgehead atoms. The van der Waals surface area contributed by atoms with Crippen LogP contribution in [-0.4, -0.2) is 26.9 Å². The number of rotatable bonds is 7. The van der Waals surface area contributed by atoms with Crippen LogP contribution < -0.4 is 80.3 Å². The van der Waals surface area contributed by atoms with E-state index in [0.717, 1.165) is 22.3 Å². The minimum atomic E-state index is -0.203. The van der Waals surface area contributed by atoms with Gasteiger partial charge in [-0.05, 0) is 168 Å². The lowest BCUT2D eigenvalue weighted by molar-refractivity contribution is 0.812. The molecule has 0 saturated heterocycles. The summed E-state index contributed by atoms with van der Waals surface area (Å²) >= 11 is 0. The van der Waals surface area contributed by atoms with Gasteiger partial charge in [0.1, 0.15) is 0 Å². The van der Waals surface area contributed by atoms with E-state index in [4.69, 9.17) is 0 Å². The number of hydrogen-bond acceptors (Lipinski definition) is 3. The molecule has 3 nitrogen and oxygen atoms in total. The zero-order valence-electron chi connectivity index (χ0n) is 50.6. The van der Waals surface area contributed by atoms with Gasteiger partial charge in [-0.25, -0.2) is 0 Å². The Morgan fingerprint density at radius 1 is 0.317 bits per heavy atom. The van der Waals surface area contributed by atoms with Crippen molar-refractivity contribution < 1.29 is 1.37 Å². The maximum atomic E-state index is 11.5. The van der Waals surface area contributed by atoms with Gasteiger partial charge in [0, 0.05) is 51.2 Å². The summed E-state index contributed by atoms with van der Waals surface area (Å²) in [5.41, 5.74) is 37.8. The lowest BCUT2D eigenvalue weighted by Crippen LogP contribution is -2.72. The number of para-hydroxylation sites is 5. The van der Waals surface area contributed by atoms with E-state index < -0.39 is 0 Å². The van der Waals surface area contributed by atoms with E-state index in [1.165, 1.54) is 145 Å². The van der Waals surface area contributed by atoms with Crippen LogP contribution in [0, 0.1) is 41.5 Å². The Balaban J connectivity index is 1.14. The zero-order valence-corrected chi connectivity index (χ0v) is 49.6. The van der Waals surface area contributed by atoms with Crippen LogP contribution in [0.15, 0.2) is 182 Å². The van der Waals surface area contributed by atoms with Gasteiger partial charge in [0.05, 0.1) is 1.37 Å². The Hall–Kier alpha value is -8.14. The molecule has 5 aliphatic heterocycles. The molecule has 0 N–H and O–H groups in total. The molecule has 0 atom stereocenters. The van der Waals surface area contributed by atoms with Gasteiger partial charge in [-0.15, -0.1) is 0 Å². The van der Waals surface area contributed by atoms with E-state index in [2.05, 4.69) is 274 Å². The summed E-state index contributed by atoms with van der Waals surface area (Å²) in [7, 11) is 0. The molecule has 0 spiro atoms. The zero-order chi connectivity index (χ0) is 57.2. The van der Waals surface area contributed by atoms with Crippen LogP contribution >= 0.6 is 0 Å². The monoisotopic (exact) mass is 1060 g/mol. The second kappa shape index (κ2) is 18.7. The Kier molecular flexibility index (Phi) is 11.3. The Bertz CT molecular complexity index is 4330. The van der Waals surface area contributed by atoms with Crippen molar-refractivity contribution in [1.29, 1.82) is 0 Å². The second-order valence-corrected chi connectivity index (χ2v) is 25.5. The molecule has 10 aromatic carbocycles. The topological polar surface area (TPSA) is 9.72 Å². The molecule has 5 heterocycles. The van der Waals surface area contributed by atoms with Crippen molar-refractivity contribution in [3.8, 4) is 0 Å². The molecule has 0 aromatic heterocycles. The lowest BCUT2D eigenvalue weighted by atomic mass is 9.25. The maximum Gasteiger partial charge on any atom is 0.252 e. The minimum Gasteiger partial charge on any atom is -0.312 e. The first-order chi connectivity index (χ1) is 40.1. The van der Waals surface area contributed by atoms with E-state index in [-0.39, 0.29) is 26.9 Å². The highest BCUT2D eigenvalue weighted by Gasteiger charge is 2.53. The van der Waals surface area contributed by atoms with E-state index in [1.54, 1.807) is 0 Å². The minimum absolute atomic E-state index is 0.0615. The molecule has 396 valence electrons. The first-order valence-corrected chi connectivity index (χ1v) is 30.1. The van der Waals surface area contributed by atoms with E-state index in [9.17, 15) is 1.37 Å². The van der Waals surface area contributed by atoms with E-state index in [0.29, 0.717) is 23.8 Å². The van der Waals surface area contributed by atoms with E-state index >= 15 is 0 Å². The predicted octanol–water partition coefficient (Wildman–Crippen LogP) is 10.9. The Morgan fingerprint density at radius 2 is 0.671 bits per heavy atom. The number of hydrogen-bond donors (Lipinski definition) is 0. The molecule has 82 heavy (non-hydrogen) atoms. The molecular weight excluding hydrogens is 986 g/mol. The molecule has 7 heteroatoms. The van der Waals surface area contributed by atoms with Crippen LogP contribution in [0.5, 0.6) is 0 Å². The van der Waals surface area contributed by atoms with Crippen molar-refractivity contribution in [3.05, 3.63) is 232 Å². The van der Waals surface area contributed by atoms with Crippen molar-refractivity contribution in [2.24, 2.45) is 0 Å². The summed E-state index contributed by atoms with van der Waals surface area (Å²) in [6.07, 6.45) is 0. The summed E-state index contributed by atoms with van der Waals surface area (Å²) in [5, 5.41) is 0. The molecule has 0 unspecified atom stereocenters. The van der Waals surface area contributed by atoms with Gasteiger partial charge < -0.3 is 14.7 Å². The van der Waals surface area contributed by atoms with Crippen LogP contribution in [0.1, 0.15) is 111 Å². The van der Waals surface area contributed by atoms with Gasteiger partial charge in [-0.1, -0.05) is 231 Å². The number of nitrogens with zero attached hydrogens (tertiary/aromatic N) is 3. The van der Waals surface area contributed by atoms with Crippen LogP contribution in [-0.2, 0) is 0 Å². The van der Waals surface area contributed by atoms with Gasteiger partial charge >= 0.3 is 0 Å². The Labute approximate surface area is 489 Å². The highest BCUT2D eigenvalue weighted by molar-refractivity contribution is 7.07. The molecule has 5 aliphatic rings. The third-order valence-electron chi connectivity index (χ3n) is 19.4. The standard InChI is InChI=1S/C75H69B4N3/c1-43(2)52-38-54(44(3)4)72(55(39-52)45(5)6)76-56-26-16-20-30-64(56)80(53-24-14-13-15-25-53)68-42-69-61(40-60(68)76)77-57-27-17-21-31-65(57)81-66-32-22-18-28-58(66)78(70-48(9)34-46(7)35-49(70)10)62-41-63-75(73(77)74(62)81)82(69)67-33-23-19-29-59(67)79(63)71-50(11)36-47(8)37-51(71)12/h13-45H,1-12H3/i41D. The smallest absolute Gasteiger partial charge is 0.252 e. The van der Waals surface area contributed by atoms with Crippen molar-refractivity contribution >= 4 is 144 Å². The molecule has 0 saturated carbocycles. The maximum absolute atomic E-state index is 11.5. The lowest BCUT2D eigenvalue weighted by Gasteiger charge is -2.51. The van der Waals surface area contributed by atoms with E-state index in [1.807, 2.05) is 0 Å². The van der Waals surface area contributed by atoms with Crippen LogP contribution in [0.3, 0.4) is 0 Å². The van der Waals surface area contributed by atoms with Crippen molar-refractivity contribution in [2.75, 3.05) is 14.7 Å². The largest absolute Gasteiger partial charge is 0.312 e. The fourth-order valence-electron chi connectivity index (χ4n) is 16.3. The van der Waals surface area contributed by atoms with Gasteiger partial charge in [0.15, 0.2) is 0 Å². The number of aryl methyl sites for hydroxylation is 6. The number of benzene rings is 10. The first-order valence-electron chi connectivity index (χ1n) is 30.6. The molecular formula is C75H69B4N3. The van der Waals surface area contributed by atoms with Crippen LogP contribution in [0.25, 0.3) is 0 Å². The number of fused-ring (bicyclic) bond motifs is 12. The third kappa shape index (κ3) is 7.20. The van der Waals surface area contributed by atoms with Crippen LogP contribution in [0.4, 0.5) is 51.2 Å². The average Bonchev–Trinajstić information content (AvgIpc) is 0.846. The van der Waals surface area contributed by atoms with Crippen LogP contribution in [0.2, 0.25) is 0 Å². The summed E-state index contributed by atoms with van der Waals surface area (Å²) in [6.45, 7) is 27.4. The predicted molar refractivity (Wildman–Crippen MR) is 359 cm³/mol. The highest BCUT2D eigenvalue weighted by Crippen LogP contribution is 2.48. The molecule has 0 radical (unpaired) electrons. The summed E-state index contributed by atoms with van der Waals surface area (Å²) < 4.78 is 11.5. The second-order valence-electron chi connectivity index (χ2n) is 25.5. The van der Waals surface area contributed by atoms with Gasteiger partial charge in [-0.2, -0.15) is 0 Å². The summed E-state index contributed by atoms with van der Waals surface area (Å²) in [5.74, 6) is 0.987. The van der Waals surface area contributed by atoms with Crippen molar-refractivity contribution in [2.45, 2.75) is 101 Å². The van der Waals surface area contributed by atoms with Gasteiger partial charge in [0.25, 0.3) is 6.71 Å². The highest BCUT2D eigenvalue weighted by atomic mass is 15.2. The molecule has 0 fully saturated rings. The molecule has 0 aliphatic carbocycles. The fourth-order valence-corrected chi connectivity index (χ4v) is 16.3. The first kappa shape index (κ1) is 49.7. The van der Waals surface area contributed by atoms with Crippen molar-refractivity contribution in [3.63, 3.8) is 0 Å². The van der Waals surface area contributed by atoms with Crippen molar-refractivity contribution in [1.82, 2.24) is 0 Å². The fraction of sp³-hybridized carbons (Fsp3) is 0.200. The van der Waals surface area contributed by atoms with Gasteiger partial charge in [-0.3, -0.25) is 0 Å². The Morgan fingerprint density at radius 3 is 1.09 bits per heavy atom. The molecule has 10 aromatic rings. The molecule has 15 rings (SSSR count). The van der Waals surface area contributed by atoms with Gasteiger partial charge in [0.2, 0.25) is 20.1 Å². The average molecular weight is 1060 g/mol. The number of anilines is 9. The normalized spacial score (nSPS) is 14.2. The SMILES string of the molecule is [2H]c1c2c3c4c5c1B(c1c(C)cc(C)cc1C)c1ccccc1N5c1cc5c(cc1B4c1ccccc1N3c1ccccc1B2c1c(C)cc(C)cc1C)B(c1c(C(C)C)cc(C(C)C)cc1C(C)C)c1ccccc1N5c1ccccc1. The quantitative estimate of drug-likeness (QED) is 0.147. The molecule has 0 amide bonds. The summed E-state index contributed by atoms with van der Waals surface area (Å²) in [4.78, 5) is 7.81. The third-order valence-corrected chi connectivity index (χ3v) is 19.4.